The van der Waals surface area contributed by atoms with Crippen LogP contribution in [0.4, 0.5) is 4.39 Å². The number of carbonyl (C=O) groups excluding carboxylic acids is 1. The highest BCUT2D eigenvalue weighted by molar-refractivity contribution is 5.96. The molecule has 7 heteroatoms. The number of aromatic nitrogens is 3. The van der Waals surface area contributed by atoms with E-state index in [1.54, 1.807) is 32.2 Å². The molecule has 0 aliphatic heterocycles. The number of hydrogen-bond donors (Lipinski definition) is 0. The Hall–Kier alpha value is -2.80. The van der Waals surface area contributed by atoms with Gasteiger partial charge in [0.1, 0.15) is 11.4 Å². The lowest BCUT2D eigenvalue weighted by Crippen LogP contribution is -2.07. The van der Waals surface area contributed by atoms with E-state index in [-0.39, 0.29) is 24.6 Å². The van der Waals surface area contributed by atoms with Crippen molar-refractivity contribution in [1.82, 2.24) is 14.6 Å². The molecule has 0 bridgehead atoms. The molecule has 1 aromatic carbocycles. The first-order valence-corrected chi connectivity index (χ1v) is 7.43. The number of nitrogens with zero attached hydrogens (tertiary/aromatic N) is 3. The topological polar surface area (TPSA) is 65.7 Å². The average Bonchev–Trinajstić information content (AvgIpc) is 2.98. The standard InChI is InChI=1S/C17H16FN3O3/c1-3-24-17(22)14-9-19-21-15(11-5-4-6-12(18)7-11)8-13(10-23-2)20-16(14)21/h4-9H,3,10H2,1-2H3. The molecule has 0 atom stereocenters. The summed E-state index contributed by atoms with van der Waals surface area (Å²) in [5, 5.41) is 4.22. The summed E-state index contributed by atoms with van der Waals surface area (Å²) in [5.41, 5.74) is 2.45. The molecule has 0 N–H and O–H groups in total. The predicted octanol–water partition coefficient (Wildman–Crippen LogP) is 2.86. The van der Waals surface area contributed by atoms with Gasteiger partial charge in [0.05, 0.1) is 30.8 Å². The van der Waals surface area contributed by atoms with Crippen molar-refractivity contribution in [3.05, 3.63) is 53.6 Å². The van der Waals surface area contributed by atoms with Gasteiger partial charge >= 0.3 is 5.97 Å². The first-order valence-electron chi connectivity index (χ1n) is 7.43. The van der Waals surface area contributed by atoms with Crippen LogP contribution in [0.3, 0.4) is 0 Å². The molecule has 0 saturated heterocycles. The zero-order valence-electron chi connectivity index (χ0n) is 13.3. The van der Waals surface area contributed by atoms with Crippen molar-refractivity contribution in [2.24, 2.45) is 0 Å². The van der Waals surface area contributed by atoms with Crippen molar-refractivity contribution in [3.8, 4) is 11.3 Å². The minimum Gasteiger partial charge on any atom is -0.462 e. The highest BCUT2D eigenvalue weighted by atomic mass is 19.1. The first-order chi connectivity index (χ1) is 11.6. The maximum atomic E-state index is 13.6. The smallest absolute Gasteiger partial charge is 0.343 e. The van der Waals surface area contributed by atoms with Crippen LogP contribution >= 0.6 is 0 Å². The Balaban J connectivity index is 2.22. The summed E-state index contributed by atoms with van der Waals surface area (Å²) >= 11 is 0. The summed E-state index contributed by atoms with van der Waals surface area (Å²) in [5.74, 6) is -0.858. The van der Waals surface area contributed by atoms with Gasteiger partial charge in [-0.15, -0.1) is 0 Å². The quantitative estimate of drug-likeness (QED) is 0.674. The molecule has 6 nitrogen and oxygen atoms in total. The molecule has 0 amide bonds. The van der Waals surface area contributed by atoms with Crippen LogP contribution in [0.5, 0.6) is 0 Å². The van der Waals surface area contributed by atoms with Crippen molar-refractivity contribution in [1.29, 1.82) is 0 Å². The molecule has 0 radical (unpaired) electrons. The number of esters is 1. The Kier molecular flexibility index (Phi) is 4.52. The van der Waals surface area contributed by atoms with Crippen molar-refractivity contribution in [2.45, 2.75) is 13.5 Å². The van der Waals surface area contributed by atoms with Crippen molar-refractivity contribution >= 4 is 11.6 Å². The molecular weight excluding hydrogens is 313 g/mol. The lowest BCUT2D eigenvalue weighted by Gasteiger charge is -2.09. The van der Waals surface area contributed by atoms with Crippen LogP contribution in [0.15, 0.2) is 36.5 Å². The summed E-state index contributed by atoms with van der Waals surface area (Å²) in [7, 11) is 1.55. The number of carbonyl (C=O) groups is 1. The van der Waals surface area contributed by atoms with E-state index in [0.717, 1.165) is 0 Å². The second kappa shape index (κ2) is 6.76. The monoisotopic (exact) mass is 329 g/mol. The highest BCUT2D eigenvalue weighted by Gasteiger charge is 2.19. The van der Waals surface area contributed by atoms with Gasteiger partial charge in [-0.05, 0) is 25.1 Å². The van der Waals surface area contributed by atoms with Gasteiger partial charge in [0.25, 0.3) is 0 Å². The zero-order chi connectivity index (χ0) is 17.1. The Morgan fingerprint density at radius 3 is 2.88 bits per heavy atom. The van der Waals surface area contributed by atoms with E-state index < -0.39 is 5.97 Å². The van der Waals surface area contributed by atoms with Crippen LogP contribution in [-0.4, -0.2) is 34.3 Å². The first kappa shape index (κ1) is 16.1. The Labute approximate surface area is 137 Å². The van der Waals surface area contributed by atoms with E-state index in [4.69, 9.17) is 9.47 Å². The number of benzene rings is 1. The van der Waals surface area contributed by atoms with Gasteiger partial charge in [0, 0.05) is 12.7 Å². The van der Waals surface area contributed by atoms with Gasteiger partial charge in [0.2, 0.25) is 0 Å². The summed E-state index contributed by atoms with van der Waals surface area (Å²) in [6.07, 6.45) is 1.40. The van der Waals surface area contributed by atoms with Crippen LogP contribution in [-0.2, 0) is 16.1 Å². The molecule has 124 valence electrons. The van der Waals surface area contributed by atoms with Gasteiger partial charge in [-0.3, -0.25) is 0 Å². The summed E-state index contributed by atoms with van der Waals surface area (Å²) < 4.78 is 25.3. The van der Waals surface area contributed by atoms with Crippen LogP contribution in [0, 0.1) is 5.82 Å². The van der Waals surface area contributed by atoms with E-state index >= 15 is 0 Å². The van der Waals surface area contributed by atoms with Crippen molar-refractivity contribution in [2.75, 3.05) is 13.7 Å². The van der Waals surface area contributed by atoms with Crippen LogP contribution in [0.25, 0.3) is 16.9 Å². The summed E-state index contributed by atoms with van der Waals surface area (Å²) in [4.78, 5) is 16.5. The third kappa shape index (κ3) is 2.98. The van der Waals surface area contributed by atoms with Crippen molar-refractivity contribution < 1.29 is 18.7 Å². The van der Waals surface area contributed by atoms with Gasteiger partial charge in [0.15, 0.2) is 5.65 Å². The second-order valence-electron chi connectivity index (χ2n) is 5.09. The largest absolute Gasteiger partial charge is 0.462 e. The fourth-order valence-electron chi connectivity index (χ4n) is 2.44. The molecule has 2 heterocycles. The zero-order valence-corrected chi connectivity index (χ0v) is 13.3. The maximum absolute atomic E-state index is 13.6. The minimum absolute atomic E-state index is 0.255. The van der Waals surface area contributed by atoms with Gasteiger partial charge in [-0.1, -0.05) is 12.1 Å². The molecule has 3 aromatic rings. The van der Waals surface area contributed by atoms with E-state index in [0.29, 0.717) is 22.6 Å². The molecule has 0 saturated carbocycles. The highest BCUT2D eigenvalue weighted by Crippen LogP contribution is 2.24. The van der Waals surface area contributed by atoms with Crippen LogP contribution in [0.2, 0.25) is 0 Å². The minimum atomic E-state index is -0.500. The van der Waals surface area contributed by atoms with Gasteiger partial charge in [-0.25, -0.2) is 18.7 Å². The average molecular weight is 329 g/mol. The fraction of sp³-hybridized carbons (Fsp3) is 0.235. The third-order valence-corrected chi connectivity index (χ3v) is 3.43. The van der Waals surface area contributed by atoms with Gasteiger partial charge in [-0.2, -0.15) is 5.10 Å². The molecule has 2 aromatic heterocycles. The molecule has 3 rings (SSSR count). The van der Waals surface area contributed by atoms with E-state index in [9.17, 15) is 9.18 Å². The normalized spacial score (nSPS) is 11.0. The molecule has 24 heavy (non-hydrogen) atoms. The van der Waals surface area contributed by atoms with E-state index in [2.05, 4.69) is 10.1 Å². The summed E-state index contributed by atoms with van der Waals surface area (Å²) in [6.45, 7) is 2.24. The predicted molar refractivity (Wildman–Crippen MR) is 85.1 cm³/mol. The summed E-state index contributed by atoms with van der Waals surface area (Å²) in [6, 6.07) is 7.90. The van der Waals surface area contributed by atoms with Crippen LogP contribution in [0.1, 0.15) is 23.0 Å². The molecule has 0 aliphatic carbocycles. The fourth-order valence-corrected chi connectivity index (χ4v) is 2.44. The second-order valence-corrected chi connectivity index (χ2v) is 5.09. The van der Waals surface area contributed by atoms with Crippen molar-refractivity contribution in [3.63, 3.8) is 0 Å². The number of ether oxygens (including phenoxy) is 2. The molecule has 0 fully saturated rings. The molecule has 0 spiro atoms. The molecule has 0 aliphatic rings. The number of fused-ring (bicyclic) bond motifs is 1. The lowest BCUT2D eigenvalue weighted by molar-refractivity contribution is 0.0528. The van der Waals surface area contributed by atoms with Crippen LogP contribution < -0.4 is 0 Å². The van der Waals surface area contributed by atoms with E-state index in [1.165, 1.54) is 22.8 Å². The Bertz CT molecular complexity index is 892. The molecular formula is C17H16FN3O3. The lowest BCUT2D eigenvalue weighted by atomic mass is 10.1. The maximum Gasteiger partial charge on any atom is 0.343 e. The third-order valence-electron chi connectivity index (χ3n) is 3.43. The number of halogens is 1. The number of rotatable bonds is 5. The van der Waals surface area contributed by atoms with E-state index in [1.807, 2.05) is 0 Å². The number of hydrogen-bond acceptors (Lipinski definition) is 5. The Morgan fingerprint density at radius 2 is 2.17 bits per heavy atom. The Morgan fingerprint density at radius 1 is 1.33 bits per heavy atom. The number of methoxy groups -OCH3 is 1. The molecule has 0 unspecified atom stereocenters. The van der Waals surface area contributed by atoms with Gasteiger partial charge < -0.3 is 9.47 Å². The SMILES string of the molecule is CCOC(=O)c1cnn2c(-c3cccc(F)c3)cc(COC)nc12.